The van der Waals surface area contributed by atoms with Crippen molar-refractivity contribution >= 4 is 33.1 Å². The molecule has 0 spiro atoms. The summed E-state index contributed by atoms with van der Waals surface area (Å²) in [6.45, 7) is 0. The van der Waals surface area contributed by atoms with Crippen LogP contribution >= 0.6 is 11.3 Å². The molecular weight excluding hydrogens is 382 g/mol. The molecule has 5 rings (SSSR count). The Morgan fingerprint density at radius 2 is 1.66 bits per heavy atom. The summed E-state index contributed by atoms with van der Waals surface area (Å²) >= 11 is 1.18. The van der Waals surface area contributed by atoms with E-state index < -0.39 is 5.56 Å². The van der Waals surface area contributed by atoms with Gasteiger partial charge in [-0.3, -0.25) is 9.59 Å². The molecule has 0 amide bonds. The zero-order chi connectivity index (χ0) is 19.8. The Hall–Kier alpha value is -3.64. The molecule has 3 aromatic carbocycles. The van der Waals surface area contributed by atoms with Gasteiger partial charge in [0.2, 0.25) is 4.96 Å². The predicted octanol–water partition coefficient (Wildman–Crippen LogP) is 2.80. The Kier molecular flexibility index (Phi) is 4.26. The fraction of sp³-hybridized carbons (Fsp3) is 0.0435. The molecule has 0 saturated heterocycles. The lowest BCUT2D eigenvalue weighted by molar-refractivity contribution is 0.811. The third-order valence-electron chi connectivity index (χ3n) is 4.77. The summed E-state index contributed by atoms with van der Waals surface area (Å²) in [4.78, 5) is 29.7. The van der Waals surface area contributed by atoms with Crippen LogP contribution in [0.1, 0.15) is 16.8 Å². The molecular formula is C23H15N3O2S. The summed E-state index contributed by atoms with van der Waals surface area (Å²) in [7, 11) is 0. The summed E-state index contributed by atoms with van der Waals surface area (Å²) in [5, 5.41) is 6.48. The molecule has 0 saturated carbocycles. The molecule has 0 fully saturated rings. The molecule has 5 nitrogen and oxygen atoms in total. The number of rotatable bonds is 3. The Morgan fingerprint density at radius 3 is 2.52 bits per heavy atom. The number of hydrogen-bond acceptors (Lipinski definition) is 5. The van der Waals surface area contributed by atoms with Gasteiger partial charge in [-0.25, -0.2) is 0 Å². The van der Waals surface area contributed by atoms with Gasteiger partial charge in [0.15, 0.2) is 0 Å². The fourth-order valence-corrected chi connectivity index (χ4v) is 4.25. The maximum absolute atomic E-state index is 12.9. The lowest BCUT2D eigenvalue weighted by atomic mass is 10.0. The molecule has 2 heterocycles. The van der Waals surface area contributed by atoms with E-state index in [2.05, 4.69) is 10.1 Å². The van der Waals surface area contributed by atoms with Gasteiger partial charge in [-0.15, -0.1) is 0 Å². The first-order valence-corrected chi connectivity index (χ1v) is 9.97. The SMILES string of the molecule is O=c1nc2s/c(=C\c3cccc4ccccc34)c(=O)n2nc1Cc1ccccc1. The van der Waals surface area contributed by atoms with E-state index in [0.717, 1.165) is 21.9 Å². The van der Waals surface area contributed by atoms with Gasteiger partial charge >= 0.3 is 0 Å². The summed E-state index contributed by atoms with van der Waals surface area (Å²) < 4.78 is 1.74. The normalized spacial score (nSPS) is 12.1. The second kappa shape index (κ2) is 7.07. The third kappa shape index (κ3) is 3.23. The van der Waals surface area contributed by atoms with Crippen LogP contribution in [0, 0.1) is 0 Å². The Balaban J connectivity index is 1.66. The molecule has 0 aliphatic carbocycles. The van der Waals surface area contributed by atoms with E-state index in [9.17, 15) is 9.59 Å². The van der Waals surface area contributed by atoms with Crippen LogP contribution in [0.4, 0.5) is 0 Å². The van der Waals surface area contributed by atoms with E-state index in [4.69, 9.17) is 0 Å². The van der Waals surface area contributed by atoms with Gasteiger partial charge < -0.3 is 0 Å². The molecule has 0 aliphatic heterocycles. The van der Waals surface area contributed by atoms with Crippen molar-refractivity contribution in [1.82, 2.24) is 14.6 Å². The molecule has 0 bridgehead atoms. The van der Waals surface area contributed by atoms with Crippen molar-refractivity contribution in [1.29, 1.82) is 0 Å². The van der Waals surface area contributed by atoms with Crippen LogP contribution in [0.15, 0.2) is 82.4 Å². The molecule has 6 heteroatoms. The molecule has 0 atom stereocenters. The monoisotopic (exact) mass is 397 g/mol. The highest BCUT2D eigenvalue weighted by atomic mass is 32.1. The van der Waals surface area contributed by atoms with Crippen molar-refractivity contribution < 1.29 is 0 Å². The quantitative estimate of drug-likeness (QED) is 0.470. The topological polar surface area (TPSA) is 64.3 Å². The van der Waals surface area contributed by atoms with E-state index >= 15 is 0 Å². The molecule has 2 aromatic heterocycles. The van der Waals surface area contributed by atoms with Crippen LogP contribution in [0.2, 0.25) is 0 Å². The zero-order valence-electron chi connectivity index (χ0n) is 15.3. The first-order chi connectivity index (χ1) is 14.2. The summed E-state index contributed by atoms with van der Waals surface area (Å²) in [5.74, 6) is 0. The standard InChI is InChI=1S/C23H15N3O2S/c27-21-19(13-15-7-2-1-3-8-15)25-26-22(28)20(29-23(26)24-21)14-17-11-6-10-16-9-4-5-12-18(16)17/h1-12,14H,13H2/b20-14-. The Bertz CT molecular complexity index is 1520. The van der Waals surface area contributed by atoms with Gasteiger partial charge in [0.1, 0.15) is 5.69 Å². The van der Waals surface area contributed by atoms with E-state index in [1.165, 1.54) is 15.9 Å². The van der Waals surface area contributed by atoms with Gasteiger partial charge in [0.05, 0.1) is 4.53 Å². The lowest BCUT2D eigenvalue weighted by Gasteiger charge is -2.00. The molecule has 5 aromatic rings. The van der Waals surface area contributed by atoms with Crippen molar-refractivity contribution in [2.24, 2.45) is 0 Å². The van der Waals surface area contributed by atoms with Crippen LogP contribution in [0.5, 0.6) is 0 Å². The molecule has 140 valence electrons. The molecule has 0 radical (unpaired) electrons. The summed E-state index contributed by atoms with van der Waals surface area (Å²) in [6.07, 6.45) is 2.18. The molecule has 0 unspecified atom stereocenters. The number of hydrogen-bond donors (Lipinski definition) is 0. The Morgan fingerprint density at radius 1 is 0.897 bits per heavy atom. The minimum absolute atomic E-state index is 0.264. The number of nitrogens with zero attached hydrogens (tertiary/aromatic N) is 3. The Labute approximate surface area is 169 Å². The largest absolute Gasteiger partial charge is 0.296 e. The summed E-state index contributed by atoms with van der Waals surface area (Å²) in [5.41, 5.74) is 1.50. The van der Waals surface area contributed by atoms with Crippen molar-refractivity contribution in [2.75, 3.05) is 0 Å². The summed E-state index contributed by atoms with van der Waals surface area (Å²) in [6, 6.07) is 23.5. The van der Waals surface area contributed by atoms with E-state index in [-0.39, 0.29) is 11.3 Å². The van der Waals surface area contributed by atoms with E-state index in [0.29, 0.717) is 15.9 Å². The van der Waals surface area contributed by atoms with Crippen LogP contribution in [-0.2, 0) is 6.42 Å². The minimum Gasteiger partial charge on any atom is -0.266 e. The first kappa shape index (κ1) is 17.5. The van der Waals surface area contributed by atoms with Crippen molar-refractivity contribution in [3.63, 3.8) is 0 Å². The second-order valence-corrected chi connectivity index (χ2v) is 7.71. The van der Waals surface area contributed by atoms with E-state index in [1.54, 1.807) is 0 Å². The van der Waals surface area contributed by atoms with Gasteiger partial charge in [0, 0.05) is 6.42 Å². The minimum atomic E-state index is -0.396. The number of benzene rings is 3. The van der Waals surface area contributed by atoms with Gasteiger partial charge in [-0.2, -0.15) is 14.6 Å². The average molecular weight is 397 g/mol. The smallest absolute Gasteiger partial charge is 0.266 e. The highest BCUT2D eigenvalue weighted by Crippen LogP contribution is 2.19. The van der Waals surface area contributed by atoms with Crippen LogP contribution < -0.4 is 15.7 Å². The third-order valence-corrected chi connectivity index (χ3v) is 5.73. The lowest BCUT2D eigenvalue weighted by Crippen LogP contribution is -2.28. The number of thiazole rings is 1. The number of fused-ring (bicyclic) bond motifs is 2. The van der Waals surface area contributed by atoms with Gasteiger partial charge in [-0.1, -0.05) is 84.1 Å². The van der Waals surface area contributed by atoms with Gasteiger partial charge in [0.25, 0.3) is 11.1 Å². The molecule has 0 aliphatic rings. The van der Waals surface area contributed by atoms with Crippen molar-refractivity contribution in [3.05, 3.63) is 115 Å². The molecule has 29 heavy (non-hydrogen) atoms. The maximum atomic E-state index is 12.9. The first-order valence-electron chi connectivity index (χ1n) is 9.15. The highest BCUT2D eigenvalue weighted by molar-refractivity contribution is 7.15. The highest BCUT2D eigenvalue weighted by Gasteiger charge is 2.12. The van der Waals surface area contributed by atoms with Crippen molar-refractivity contribution in [3.8, 4) is 0 Å². The second-order valence-electron chi connectivity index (χ2n) is 6.70. The van der Waals surface area contributed by atoms with Crippen molar-refractivity contribution in [2.45, 2.75) is 6.42 Å². The van der Waals surface area contributed by atoms with Gasteiger partial charge in [-0.05, 0) is 28.0 Å². The maximum Gasteiger partial charge on any atom is 0.296 e. The molecule has 0 N–H and O–H groups in total. The predicted molar refractivity (Wildman–Crippen MR) is 115 cm³/mol. The van der Waals surface area contributed by atoms with Crippen LogP contribution in [0.25, 0.3) is 21.8 Å². The van der Waals surface area contributed by atoms with Crippen LogP contribution in [-0.4, -0.2) is 14.6 Å². The zero-order valence-corrected chi connectivity index (χ0v) is 16.1. The number of aromatic nitrogens is 3. The van der Waals surface area contributed by atoms with E-state index in [1.807, 2.05) is 78.9 Å². The van der Waals surface area contributed by atoms with Crippen LogP contribution in [0.3, 0.4) is 0 Å². The average Bonchev–Trinajstić information content (AvgIpc) is 3.04. The fourth-order valence-electron chi connectivity index (χ4n) is 3.36.